The van der Waals surface area contributed by atoms with Gasteiger partial charge in [0.25, 0.3) is 10.1 Å². The zero-order chi connectivity index (χ0) is 12.1. The highest BCUT2D eigenvalue weighted by Crippen LogP contribution is 2.06. The molecule has 1 unspecified atom stereocenters. The van der Waals surface area contributed by atoms with E-state index in [-0.39, 0.29) is 6.61 Å². The molecule has 0 fully saturated rings. The Morgan fingerprint density at radius 2 is 1.87 bits per heavy atom. The van der Waals surface area contributed by atoms with E-state index in [1.54, 1.807) is 0 Å². The Labute approximate surface area is 85.2 Å². The van der Waals surface area contributed by atoms with Gasteiger partial charge in [0.1, 0.15) is 6.61 Å². The molecule has 0 aromatic rings. The molecule has 0 radical (unpaired) electrons. The maximum atomic E-state index is 10.8. The summed E-state index contributed by atoms with van der Waals surface area (Å²) in [6, 6.07) is 0. The Balaban J connectivity index is 4.45. The van der Waals surface area contributed by atoms with Crippen molar-refractivity contribution in [2.75, 3.05) is 13.2 Å². The second-order valence-corrected chi connectivity index (χ2v) is 4.09. The maximum Gasteiger partial charge on any atom is 0.325 e. The number of carbonyl (C=O) groups is 2. The van der Waals surface area contributed by atoms with Crippen molar-refractivity contribution in [1.82, 2.24) is 0 Å². The van der Waals surface area contributed by atoms with E-state index in [0.29, 0.717) is 0 Å². The summed E-state index contributed by atoms with van der Waals surface area (Å²) in [6.45, 7) is -0.827. The van der Waals surface area contributed by atoms with E-state index in [9.17, 15) is 18.0 Å². The normalized spacial score (nSPS) is 13.2. The van der Waals surface area contributed by atoms with E-state index in [1.165, 1.54) is 0 Å². The molecular weight excluding hydrogens is 232 g/mol. The van der Waals surface area contributed by atoms with Crippen LogP contribution in [-0.2, 0) is 24.4 Å². The molecule has 88 valence electrons. The van der Waals surface area contributed by atoms with Crippen LogP contribution in [0.3, 0.4) is 0 Å². The van der Waals surface area contributed by atoms with Gasteiger partial charge >= 0.3 is 11.9 Å². The lowest BCUT2D eigenvalue weighted by molar-refractivity contribution is -0.148. The molecule has 0 aliphatic carbocycles. The molecule has 0 bridgehead atoms. The van der Waals surface area contributed by atoms with Gasteiger partial charge in [-0.15, -0.1) is 0 Å². The number of carboxylic acids is 1. The molecule has 0 aliphatic heterocycles. The third-order valence-corrected chi connectivity index (χ3v) is 2.43. The molecule has 8 nitrogen and oxygen atoms in total. The minimum Gasteiger partial charge on any atom is -0.480 e. The van der Waals surface area contributed by atoms with Gasteiger partial charge in [0.2, 0.25) is 0 Å². The highest BCUT2D eigenvalue weighted by molar-refractivity contribution is 7.87. The fourth-order valence-corrected chi connectivity index (χ4v) is 1.29. The molecule has 0 heterocycles. The molecule has 0 aromatic heterocycles. The molecule has 0 aliphatic rings. The van der Waals surface area contributed by atoms with Gasteiger partial charge in [-0.1, -0.05) is 0 Å². The average molecular weight is 242 g/mol. The van der Waals surface area contributed by atoms with Gasteiger partial charge in [-0.3, -0.25) is 14.1 Å². The predicted octanol–water partition coefficient (Wildman–Crippen LogP) is -1.75. The molecule has 15 heavy (non-hydrogen) atoms. The van der Waals surface area contributed by atoms with Crippen LogP contribution in [0.25, 0.3) is 0 Å². The van der Waals surface area contributed by atoms with Crippen LogP contribution in [0.15, 0.2) is 0 Å². The number of hydrogen-bond donors (Lipinski definition) is 3. The highest BCUT2D eigenvalue weighted by Gasteiger charge is 2.33. The standard InChI is InChI=1S/C6H10O8S/c7-1-2-14-5(8)3-4(6(9)10)15(11,12)13/h4,7H,1-3H2,(H,9,10)(H,11,12,13). The van der Waals surface area contributed by atoms with Crippen LogP contribution in [0, 0.1) is 0 Å². The van der Waals surface area contributed by atoms with Crippen molar-refractivity contribution in [2.45, 2.75) is 11.7 Å². The fourth-order valence-electron chi connectivity index (χ4n) is 0.690. The van der Waals surface area contributed by atoms with Crippen molar-refractivity contribution in [3.8, 4) is 0 Å². The average Bonchev–Trinajstić information content (AvgIpc) is 2.08. The first kappa shape index (κ1) is 13.8. The zero-order valence-corrected chi connectivity index (χ0v) is 8.31. The highest BCUT2D eigenvalue weighted by atomic mass is 32.2. The van der Waals surface area contributed by atoms with Crippen LogP contribution in [0.4, 0.5) is 0 Å². The van der Waals surface area contributed by atoms with Crippen molar-refractivity contribution < 1.29 is 37.5 Å². The van der Waals surface area contributed by atoms with E-state index < -0.39 is 40.3 Å². The first-order valence-corrected chi connectivity index (χ1v) is 5.25. The lowest BCUT2D eigenvalue weighted by atomic mass is 10.3. The minimum absolute atomic E-state index is 0.364. The summed E-state index contributed by atoms with van der Waals surface area (Å²) in [7, 11) is -4.85. The summed E-state index contributed by atoms with van der Waals surface area (Å²) >= 11 is 0. The van der Waals surface area contributed by atoms with E-state index in [1.807, 2.05) is 0 Å². The summed E-state index contributed by atoms with van der Waals surface area (Å²) in [5, 5.41) is 14.4. The number of esters is 1. The molecule has 1 atom stereocenters. The van der Waals surface area contributed by atoms with Gasteiger partial charge in [0, 0.05) is 0 Å². The van der Waals surface area contributed by atoms with E-state index in [4.69, 9.17) is 14.8 Å². The Morgan fingerprint density at radius 3 is 2.20 bits per heavy atom. The quantitative estimate of drug-likeness (QED) is 0.368. The molecule has 0 saturated heterocycles. The number of aliphatic carboxylic acids is 1. The van der Waals surface area contributed by atoms with Crippen LogP contribution < -0.4 is 0 Å². The monoisotopic (exact) mass is 242 g/mol. The van der Waals surface area contributed by atoms with Crippen molar-refractivity contribution in [3.63, 3.8) is 0 Å². The molecule has 0 aromatic carbocycles. The molecule has 9 heteroatoms. The lowest BCUT2D eigenvalue weighted by Gasteiger charge is -2.08. The summed E-state index contributed by atoms with van der Waals surface area (Å²) < 4.78 is 33.7. The molecule has 0 amide bonds. The number of aliphatic hydroxyl groups is 1. The van der Waals surface area contributed by atoms with Crippen LogP contribution in [-0.4, -0.2) is 53.6 Å². The molecule has 0 saturated carbocycles. The summed E-state index contributed by atoms with van der Waals surface area (Å²) in [6.07, 6.45) is -1.01. The SMILES string of the molecule is O=C(CC(C(=O)O)S(=O)(=O)O)OCCO. The van der Waals surface area contributed by atoms with Gasteiger partial charge in [-0.05, 0) is 0 Å². The first-order valence-electron chi connectivity index (χ1n) is 3.74. The topological polar surface area (TPSA) is 138 Å². The Bertz CT molecular complexity index is 331. The second-order valence-electron chi connectivity index (χ2n) is 2.49. The Kier molecular flexibility index (Phi) is 5.19. The number of ether oxygens (including phenoxy) is 1. The summed E-state index contributed by atoms with van der Waals surface area (Å²) in [5.74, 6) is -2.98. The Morgan fingerprint density at radius 1 is 1.33 bits per heavy atom. The third kappa shape index (κ3) is 5.30. The summed E-state index contributed by atoms with van der Waals surface area (Å²) in [5.41, 5.74) is 0. The second kappa shape index (κ2) is 5.63. The van der Waals surface area contributed by atoms with Crippen molar-refractivity contribution in [2.24, 2.45) is 0 Å². The number of rotatable bonds is 6. The van der Waals surface area contributed by atoms with Crippen LogP contribution >= 0.6 is 0 Å². The largest absolute Gasteiger partial charge is 0.480 e. The predicted molar refractivity (Wildman–Crippen MR) is 45.6 cm³/mol. The van der Waals surface area contributed by atoms with Gasteiger partial charge in [0.15, 0.2) is 5.25 Å². The van der Waals surface area contributed by atoms with Gasteiger partial charge < -0.3 is 14.9 Å². The zero-order valence-electron chi connectivity index (χ0n) is 7.49. The third-order valence-electron chi connectivity index (χ3n) is 1.34. The number of carbonyl (C=O) groups excluding carboxylic acids is 1. The fraction of sp³-hybridized carbons (Fsp3) is 0.667. The van der Waals surface area contributed by atoms with Gasteiger partial charge in [-0.25, -0.2) is 0 Å². The minimum atomic E-state index is -4.85. The van der Waals surface area contributed by atoms with E-state index in [2.05, 4.69) is 4.74 Å². The summed E-state index contributed by atoms with van der Waals surface area (Å²) in [4.78, 5) is 21.2. The van der Waals surface area contributed by atoms with Crippen molar-refractivity contribution in [1.29, 1.82) is 0 Å². The Hall–Kier alpha value is -1.19. The molecule has 0 spiro atoms. The van der Waals surface area contributed by atoms with Crippen LogP contribution in [0.2, 0.25) is 0 Å². The maximum absolute atomic E-state index is 10.8. The number of aliphatic hydroxyl groups excluding tert-OH is 1. The van der Waals surface area contributed by atoms with E-state index in [0.717, 1.165) is 0 Å². The lowest BCUT2D eigenvalue weighted by Crippen LogP contribution is -2.32. The smallest absolute Gasteiger partial charge is 0.325 e. The molecule has 0 rings (SSSR count). The van der Waals surface area contributed by atoms with Gasteiger partial charge in [0.05, 0.1) is 13.0 Å². The van der Waals surface area contributed by atoms with Gasteiger partial charge in [-0.2, -0.15) is 8.42 Å². The molecule has 3 N–H and O–H groups in total. The van der Waals surface area contributed by atoms with Crippen LogP contribution in [0.1, 0.15) is 6.42 Å². The first-order chi connectivity index (χ1) is 6.79. The van der Waals surface area contributed by atoms with E-state index >= 15 is 0 Å². The van der Waals surface area contributed by atoms with Crippen molar-refractivity contribution >= 4 is 22.1 Å². The number of hydrogen-bond acceptors (Lipinski definition) is 6. The molecular formula is C6H10O8S. The number of carboxylic acid groups (broad SMARTS) is 1. The van der Waals surface area contributed by atoms with Crippen LogP contribution in [0.5, 0.6) is 0 Å². The van der Waals surface area contributed by atoms with Crippen molar-refractivity contribution in [3.05, 3.63) is 0 Å².